The largest absolute Gasteiger partial charge is 0.333 e. The highest BCUT2D eigenvalue weighted by Gasteiger charge is 2.16. The Bertz CT molecular complexity index is 651. The van der Waals surface area contributed by atoms with Gasteiger partial charge in [0.2, 0.25) is 0 Å². The molecule has 0 fully saturated rings. The van der Waals surface area contributed by atoms with Crippen molar-refractivity contribution in [3.63, 3.8) is 0 Å². The minimum atomic E-state index is -0.0945. The van der Waals surface area contributed by atoms with Crippen molar-refractivity contribution in [2.75, 3.05) is 0 Å². The van der Waals surface area contributed by atoms with Crippen LogP contribution in [0.1, 0.15) is 53.8 Å². The first-order valence-corrected chi connectivity index (χ1v) is 9.32. The first kappa shape index (κ1) is 16.1. The van der Waals surface area contributed by atoms with Gasteiger partial charge in [-0.05, 0) is 60.2 Å². The molecule has 1 aliphatic rings. The summed E-state index contributed by atoms with van der Waals surface area (Å²) in [5.74, 6) is 0. The molecule has 0 aliphatic heterocycles. The fourth-order valence-electron chi connectivity index (χ4n) is 3.18. The number of thiophene rings is 1. The van der Waals surface area contributed by atoms with Gasteiger partial charge in [-0.15, -0.1) is 11.3 Å². The highest BCUT2D eigenvalue weighted by atomic mass is 32.1. The van der Waals surface area contributed by atoms with Crippen molar-refractivity contribution in [1.29, 1.82) is 0 Å². The molecule has 2 aromatic rings. The van der Waals surface area contributed by atoms with Crippen LogP contribution >= 0.6 is 11.3 Å². The second-order valence-electron chi connectivity index (χ2n) is 6.10. The number of hydrogen-bond acceptors (Lipinski definition) is 2. The van der Waals surface area contributed by atoms with Gasteiger partial charge < -0.3 is 10.6 Å². The van der Waals surface area contributed by atoms with Crippen LogP contribution in [0, 0.1) is 0 Å². The zero-order valence-electron chi connectivity index (χ0n) is 13.6. The van der Waals surface area contributed by atoms with Gasteiger partial charge in [-0.2, -0.15) is 0 Å². The molecule has 23 heavy (non-hydrogen) atoms. The summed E-state index contributed by atoms with van der Waals surface area (Å²) < 4.78 is 0. The van der Waals surface area contributed by atoms with Gasteiger partial charge in [-0.3, -0.25) is 0 Å². The van der Waals surface area contributed by atoms with Crippen molar-refractivity contribution < 1.29 is 4.79 Å². The number of carbonyl (C=O) groups is 1. The standard InChI is InChI=1S/C19H24N2OS/c1-2-18(21-19(22)20-13-17-8-5-11-23-17)16-10-9-14-6-3-4-7-15(14)12-16/h5,8-12,18H,2-4,6-7,13H2,1H3,(H2,20,21,22). The summed E-state index contributed by atoms with van der Waals surface area (Å²) in [6, 6.07) is 10.7. The van der Waals surface area contributed by atoms with Crippen LogP contribution in [0.5, 0.6) is 0 Å². The first-order valence-electron chi connectivity index (χ1n) is 8.44. The monoisotopic (exact) mass is 328 g/mol. The second kappa shape index (κ2) is 7.64. The maximum atomic E-state index is 12.2. The fourth-order valence-corrected chi connectivity index (χ4v) is 3.83. The van der Waals surface area contributed by atoms with Crippen LogP contribution in [0.4, 0.5) is 4.79 Å². The molecule has 122 valence electrons. The molecule has 4 heteroatoms. The van der Waals surface area contributed by atoms with Crippen LogP contribution in [0.3, 0.4) is 0 Å². The molecule has 3 rings (SSSR count). The van der Waals surface area contributed by atoms with Crippen molar-refractivity contribution in [3.8, 4) is 0 Å². The topological polar surface area (TPSA) is 41.1 Å². The zero-order valence-corrected chi connectivity index (χ0v) is 14.4. The van der Waals surface area contributed by atoms with Crippen LogP contribution < -0.4 is 10.6 Å². The molecule has 1 aromatic heterocycles. The van der Waals surface area contributed by atoms with Crippen molar-refractivity contribution in [2.24, 2.45) is 0 Å². The molecule has 3 nitrogen and oxygen atoms in total. The van der Waals surface area contributed by atoms with E-state index in [9.17, 15) is 4.79 Å². The fraction of sp³-hybridized carbons (Fsp3) is 0.421. The van der Waals surface area contributed by atoms with E-state index in [0.29, 0.717) is 6.54 Å². The Hall–Kier alpha value is -1.81. The Labute approximate surface area is 142 Å². The molecule has 1 unspecified atom stereocenters. The summed E-state index contributed by atoms with van der Waals surface area (Å²) in [7, 11) is 0. The Morgan fingerprint density at radius 2 is 2.04 bits per heavy atom. The number of fused-ring (bicyclic) bond motifs is 1. The van der Waals surface area contributed by atoms with E-state index in [1.807, 2.05) is 17.5 Å². The number of nitrogens with one attached hydrogen (secondary N) is 2. The number of benzene rings is 1. The van der Waals surface area contributed by atoms with E-state index in [4.69, 9.17) is 0 Å². The lowest BCUT2D eigenvalue weighted by Crippen LogP contribution is -2.37. The molecule has 2 amide bonds. The number of aryl methyl sites for hydroxylation is 2. The van der Waals surface area contributed by atoms with Gasteiger partial charge in [0.15, 0.2) is 0 Å². The summed E-state index contributed by atoms with van der Waals surface area (Å²) in [5, 5.41) is 8.07. The average molecular weight is 328 g/mol. The van der Waals surface area contributed by atoms with Crippen molar-refractivity contribution in [2.45, 2.75) is 51.6 Å². The second-order valence-corrected chi connectivity index (χ2v) is 7.13. The molecule has 0 radical (unpaired) electrons. The molecule has 2 N–H and O–H groups in total. The van der Waals surface area contributed by atoms with E-state index in [1.54, 1.807) is 11.3 Å². The number of rotatable bonds is 5. The van der Waals surface area contributed by atoms with Crippen molar-refractivity contribution >= 4 is 17.4 Å². The molecule has 1 heterocycles. The van der Waals surface area contributed by atoms with Gasteiger partial charge in [0.25, 0.3) is 0 Å². The maximum absolute atomic E-state index is 12.2. The third kappa shape index (κ3) is 4.14. The van der Waals surface area contributed by atoms with E-state index >= 15 is 0 Å². The molecular weight excluding hydrogens is 304 g/mol. The lowest BCUT2D eigenvalue weighted by atomic mass is 9.89. The molecule has 1 aliphatic carbocycles. The number of carbonyl (C=O) groups excluding carboxylic acids is 1. The zero-order chi connectivity index (χ0) is 16.1. The Morgan fingerprint density at radius 1 is 1.22 bits per heavy atom. The highest BCUT2D eigenvalue weighted by Crippen LogP contribution is 2.26. The molecule has 0 saturated heterocycles. The van der Waals surface area contributed by atoms with Gasteiger partial charge >= 0.3 is 6.03 Å². The molecule has 1 aromatic carbocycles. The predicted octanol–water partition coefficient (Wildman–Crippen LogP) is 4.58. The third-order valence-electron chi connectivity index (χ3n) is 4.49. The van der Waals surface area contributed by atoms with Crippen LogP contribution in [-0.4, -0.2) is 6.03 Å². The summed E-state index contributed by atoms with van der Waals surface area (Å²) in [6.45, 7) is 2.70. The molecule has 0 spiro atoms. The van der Waals surface area contributed by atoms with Gasteiger partial charge in [0, 0.05) is 4.88 Å². The Morgan fingerprint density at radius 3 is 2.78 bits per heavy atom. The van der Waals surface area contributed by atoms with Gasteiger partial charge in [0.05, 0.1) is 12.6 Å². The van der Waals surface area contributed by atoms with Crippen molar-refractivity contribution in [1.82, 2.24) is 10.6 Å². The van der Waals surface area contributed by atoms with Gasteiger partial charge in [-0.25, -0.2) is 4.79 Å². The van der Waals surface area contributed by atoms with E-state index < -0.39 is 0 Å². The predicted molar refractivity (Wildman–Crippen MR) is 95.8 cm³/mol. The molecule has 0 saturated carbocycles. The number of amides is 2. The van der Waals surface area contributed by atoms with Gasteiger partial charge in [0.1, 0.15) is 0 Å². The quantitative estimate of drug-likeness (QED) is 0.829. The van der Waals surface area contributed by atoms with E-state index in [-0.39, 0.29) is 12.1 Å². The van der Waals surface area contributed by atoms with Crippen LogP contribution in [0.25, 0.3) is 0 Å². The van der Waals surface area contributed by atoms with Crippen LogP contribution in [0.15, 0.2) is 35.7 Å². The Kier molecular flexibility index (Phi) is 5.34. The first-order chi connectivity index (χ1) is 11.3. The smallest absolute Gasteiger partial charge is 0.315 e. The molecule has 1 atom stereocenters. The highest BCUT2D eigenvalue weighted by molar-refractivity contribution is 7.09. The summed E-state index contributed by atoms with van der Waals surface area (Å²) in [6.07, 6.45) is 5.84. The SMILES string of the molecule is CCC(NC(=O)NCc1cccs1)c1ccc2c(c1)CCCC2. The normalized spacial score (nSPS) is 14.8. The summed E-state index contributed by atoms with van der Waals surface area (Å²) >= 11 is 1.66. The molecular formula is C19H24N2OS. The minimum absolute atomic E-state index is 0.0746. The number of hydrogen-bond donors (Lipinski definition) is 2. The van der Waals surface area contributed by atoms with Crippen LogP contribution in [-0.2, 0) is 19.4 Å². The summed E-state index contributed by atoms with van der Waals surface area (Å²) in [5.41, 5.74) is 4.17. The summed E-state index contributed by atoms with van der Waals surface area (Å²) in [4.78, 5) is 13.3. The average Bonchev–Trinajstić information content (AvgIpc) is 3.11. The van der Waals surface area contributed by atoms with E-state index in [0.717, 1.165) is 6.42 Å². The Balaban J connectivity index is 1.61. The van der Waals surface area contributed by atoms with Crippen LogP contribution in [0.2, 0.25) is 0 Å². The minimum Gasteiger partial charge on any atom is -0.333 e. The van der Waals surface area contributed by atoms with Crippen molar-refractivity contribution in [3.05, 3.63) is 57.3 Å². The lowest BCUT2D eigenvalue weighted by Gasteiger charge is -2.22. The number of urea groups is 1. The lowest BCUT2D eigenvalue weighted by molar-refractivity contribution is 0.236. The van der Waals surface area contributed by atoms with E-state index in [1.165, 1.54) is 47.3 Å². The van der Waals surface area contributed by atoms with E-state index in [2.05, 4.69) is 35.8 Å². The molecule has 0 bridgehead atoms. The maximum Gasteiger partial charge on any atom is 0.315 e. The third-order valence-corrected chi connectivity index (χ3v) is 5.37. The van der Waals surface area contributed by atoms with Gasteiger partial charge in [-0.1, -0.05) is 31.2 Å².